The van der Waals surface area contributed by atoms with Crippen LogP contribution in [0.4, 0.5) is 0 Å². The minimum absolute atomic E-state index is 0.160. The van der Waals surface area contributed by atoms with Gasteiger partial charge < -0.3 is 10.3 Å². The maximum absolute atomic E-state index is 6.17. The molecule has 0 aromatic carbocycles. The van der Waals surface area contributed by atoms with Gasteiger partial charge in [-0.05, 0) is 37.0 Å². The number of nitrogens with two attached hydrogens (primary N) is 1. The molecule has 0 radical (unpaired) electrons. The second-order valence-corrected chi connectivity index (χ2v) is 6.24. The molecule has 1 aliphatic rings. The van der Waals surface area contributed by atoms with E-state index in [4.69, 9.17) is 10.8 Å². The summed E-state index contributed by atoms with van der Waals surface area (Å²) in [5, 5.41) is 4.74. The summed E-state index contributed by atoms with van der Waals surface area (Å²) in [5.74, 6) is 0. The van der Waals surface area contributed by atoms with Crippen LogP contribution in [0.3, 0.4) is 0 Å². The zero-order valence-corrected chi connectivity index (χ0v) is 12.9. The lowest BCUT2D eigenvalue weighted by Crippen LogP contribution is -2.09. The fourth-order valence-corrected chi connectivity index (χ4v) is 3.28. The Morgan fingerprint density at radius 2 is 2.10 bits per heavy atom. The van der Waals surface area contributed by atoms with Gasteiger partial charge in [0, 0.05) is 24.6 Å². The quantitative estimate of drug-likeness (QED) is 0.881. The van der Waals surface area contributed by atoms with Crippen molar-refractivity contribution < 1.29 is 0 Å². The molecule has 114 valence electrons. The molecule has 2 aromatic rings. The summed E-state index contributed by atoms with van der Waals surface area (Å²) >= 11 is 0. The van der Waals surface area contributed by atoms with Crippen LogP contribution in [0.1, 0.15) is 68.8 Å². The Kier molecular flexibility index (Phi) is 4.44. The van der Waals surface area contributed by atoms with Crippen LogP contribution in [-0.4, -0.2) is 14.3 Å². The molecule has 21 heavy (non-hydrogen) atoms. The Hall–Kier alpha value is -1.55. The molecular formula is C17H26N4. The SMILES string of the molecule is CCCC(N)c1ccn(Cc2ccn(C3CCCC3)n2)c1. The maximum Gasteiger partial charge on any atom is 0.0821 e. The van der Waals surface area contributed by atoms with Crippen molar-refractivity contribution in [2.45, 2.75) is 64.1 Å². The first-order valence-electron chi connectivity index (χ1n) is 8.21. The maximum atomic E-state index is 6.17. The van der Waals surface area contributed by atoms with Crippen molar-refractivity contribution in [1.29, 1.82) is 0 Å². The fourth-order valence-electron chi connectivity index (χ4n) is 3.28. The van der Waals surface area contributed by atoms with Crippen LogP contribution >= 0.6 is 0 Å². The Morgan fingerprint density at radius 3 is 2.86 bits per heavy atom. The summed E-state index contributed by atoms with van der Waals surface area (Å²) in [6.07, 6.45) is 13.8. The summed E-state index contributed by atoms with van der Waals surface area (Å²) in [4.78, 5) is 0. The lowest BCUT2D eigenvalue weighted by atomic mass is 10.1. The smallest absolute Gasteiger partial charge is 0.0821 e. The number of hydrogen-bond acceptors (Lipinski definition) is 2. The van der Waals surface area contributed by atoms with Gasteiger partial charge in [0.1, 0.15) is 0 Å². The van der Waals surface area contributed by atoms with E-state index in [2.05, 4.69) is 46.9 Å². The number of aromatic nitrogens is 3. The minimum atomic E-state index is 0.160. The molecule has 4 nitrogen and oxygen atoms in total. The Labute approximate surface area is 126 Å². The molecule has 3 rings (SSSR count). The highest BCUT2D eigenvalue weighted by Gasteiger charge is 2.17. The van der Waals surface area contributed by atoms with Crippen molar-refractivity contribution in [3.8, 4) is 0 Å². The predicted molar refractivity (Wildman–Crippen MR) is 85.1 cm³/mol. The van der Waals surface area contributed by atoms with Gasteiger partial charge in [0.2, 0.25) is 0 Å². The van der Waals surface area contributed by atoms with E-state index in [-0.39, 0.29) is 6.04 Å². The first kappa shape index (κ1) is 14.4. The average Bonchev–Trinajstić information content (AvgIpc) is 3.20. The summed E-state index contributed by atoms with van der Waals surface area (Å²) < 4.78 is 4.35. The Morgan fingerprint density at radius 1 is 1.29 bits per heavy atom. The van der Waals surface area contributed by atoms with Gasteiger partial charge in [0.15, 0.2) is 0 Å². The molecular weight excluding hydrogens is 260 g/mol. The van der Waals surface area contributed by atoms with Crippen molar-refractivity contribution in [3.63, 3.8) is 0 Å². The number of hydrogen-bond donors (Lipinski definition) is 1. The molecule has 0 amide bonds. The Bertz CT molecular complexity index is 563. The molecule has 1 saturated carbocycles. The highest BCUT2D eigenvalue weighted by Crippen LogP contribution is 2.28. The summed E-state index contributed by atoms with van der Waals surface area (Å²) in [7, 11) is 0. The standard InChI is InChI=1S/C17H26N4/c1-2-5-17(18)14-8-10-20(12-14)13-15-9-11-21(19-15)16-6-3-4-7-16/h8-12,16-17H,2-7,13,18H2,1H3. The molecule has 2 aromatic heterocycles. The van der Waals surface area contributed by atoms with E-state index < -0.39 is 0 Å². The number of rotatable bonds is 6. The van der Waals surface area contributed by atoms with Crippen molar-refractivity contribution in [1.82, 2.24) is 14.3 Å². The number of nitrogens with zero attached hydrogens (tertiary/aromatic N) is 3. The minimum Gasteiger partial charge on any atom is -0.348 e. The van der Waals surface area contributed by atoms with E-state index in [1.807, 2.05) is 0 Å². The third-order valence-corrected chi connectivity index (χ3v) is 4.51. The van der Waals surface area contributed by atoms with E-state index in [9.17, 15) is 0 Å². The molecule has 2 N–H and O–H groups in total. The second-order valence-electron chi connectivity index (χ2n) is 6.24. The lowest BCUT2D eigenvalue weighted by Gasteiger charge is -2.09. The van der Waals surface area contributed by atoms with Gasteiger partial charge in [-0.25, -0.2) is 0 Å². The third-order valence-electron chi connectivity index (χ3n) is 4.51. The van der Waals surface area contributed by atoms with Gasteiger partial charge in [-0.1, -0.05) is 26.2 Å². The van der Waals surface area contributed by atoms with Crippen LogP contribution in [-0.2, 0) is 6.54 Å². The van der Waals surface area contributed by atoms with Crippen LogP contribution in [0.5, 0.6) is 0 Å². The van der Waals surface area contributed by atoms with E-state index in [0.717, 1.165) is 25.1 Å². The van der Waals surface area contributed by atoms with Crippen molar-refractivity contribution in [3.05, 3.63) is 42.0 Å². The van der Waals surface area contributed by atoms with Crippen LogP contribution in [0.2, 0.25) is 0 Å². The first-order chi connectivity index (χ1) is 10.3. The van der Waals surface area contributed by atoms with Gasteiger partial charge in [0.25, 0.3) is 0 Å². The molecule has 0 bridgehead atoms. The zero-order chi connectivity index (χ0) is 14.7. The molecule has 1 atom stereocenters. The fraction of sp³-hybridized carbons (Fsp3) is 0.588. The summed E-state index contributed by atoms with van der Waals surface area (Å²) in [5.41, 5.74) is 8.53. The topological polar surface area (TPSA) is 48.8 Å². The monoisotopic (exact) mass is 286 g/mol. The Balaban J connectivity index is 1.63. The molecule has 1 unspecified atom stereocenters. The van der Waals surface area contributed by atoms with Gasteiger partial charge in [0.05, 0.1) is 18.3 Å². The van der Waals surface area contributed by atoms with E-state index in [1.54, 1.807) is 0 Å². The van der Waals surface area contributed by atoms with Gasteiger partial charge in [-0.15, -0.1) is 0 Å². The van der Waals surface area contributed by atoms with E-state index in [1.165, 1.54) is 31.2 Å². The normalized spacial score (nSPS) is 17.4. The van der Waals surface area contributed by atoms with Crippen molar-refractivity contribution >= 4 is 0 Å². The first-order valence-corrected chi connectivity index (χ1v) is 8.21. The second kappa shape index (κ2) is 6.48. The van der Waals surface area contributed by atoms with Crippen LogP contribution < -0.4 is 5.73 Å². The van der Waals surface area contributed by atoms with E-state index in [0.29, 0.717) is 6.04 Å². The van der Waals surface area contributed by atoms with Crippen molar-refractivity contribution in [2.75, 3.05) is 0 Å². The highest BCUT2D eigenvalue weighted by atomic mass is 15.3. The molecule has 1 fully saturated rings. The van der Waals surface area contributed by atoms with Crippen LogP contribution in [0.25, 0.3) is 0 Å². The summed E-state index contributed by atoms with van der Waals surface area (Å²) in [6, 6.07) is 5.06. The van der Waals surface area contributed by atoms with Gasteiger partial charge in [-0.2, -0.15) is 5.10 Å². The molecule has 2 heterocycles. The van der Waals surface area contributed by atoms with Crippen molar-refractivity contribution in [2.24, 2.45) is 5.73 Å². The molecule has 0 saturated heterocycles. The highest BCUT2D eigenvalue weighted by molar-refractivity contribution is 5.16. The molecule has 1 aliphatic carbocycles. The van der Waals surface area contributed by atoms with E-state index >= 15 is 0 Å². The van der Waals surface area contributed by atoms with Gasteiger partial charge in [-0.3, -0.25) is 4.68 Å². The predicted octanol–water partition coefficient (Wildman–Crippen LogP) is 3.65. The third kappa shape index (κ3) is 3.38. The largest absolute Gasteiger partial charge is 0.348 e. The van der Waals surface area contributed by atoms with Gasteiger partial charge >= 0.3 is 0 Å². The molecule has 0 spiro atoms. The zero-order valence-electron chi connectivity index (χ0n) is 12.9. The summed E-state index contributed by atoms with van der Waals surface area (Å²) in [6.45, 7) is 3.01. The molecule has 4 heteroatoms. The lowest BCUT2D eigenvalue weighted by molar-refractivity contribution is 0.461. The average molecular weight is 286 g/mol. The van der Waals surface area contributed by atoms with Crippen LogP contribution in [0.15, 0.2) is 30.7 Å². The van der Waals surface area contributed by atoms with Crippen LogP contribution in [0, 0.1) is 0 Å². The molecule has 0 aliphatic heterocycles.